The van der Waals surface area contributed by atoms with E-state index in [0.717, 1.165) is 5.75 Å². The van der Waals surface area contributed by atoms with Crippen LogP contribution in [-0.4, -0.2) is 11.2 Å². The summed E-state index contributed by atoms with van der Waals surface area (Å²) in [5.41, 5.74) is 2.64. The van der Waals surface area contributed by atoms with Gasteiger partial charge >= 0.3 is 0 Å². The van der Waals surface area contributed by atoms with E-state index in [9.17, 15) is 0 Å². The number of thioether (sulfide) groups is 1. The summed E-state index contributed by atoms with van der Waals surface area (Å²) >= 11 is 1.85. The summed E-state index contributed by atoms with van der Waals surface area (Å²) in [6.07, 6.45) is 4.23. The summed E-state index contributed by atoms with van der Waals surface area (Å²) in [7, 11) is 0. The van der Waals surface area contributed by atoms with Gasteiger partial charge in [-0.3, -0.25) is 0 Å². The molecule has 0 saturated carbocycles. The molecule has 0 bridgehead atoms. The summed E-state index contributed by atoms with van der Waals surface area (Å²) in [5, 5.41) is 1.35. The van der Waals surface area contributed by atoms with Crippen molar-refractivity contribution in [3.63, 3.8) is 0 Å². The Morgan fingerprint density at radius 2 is 2.17 bits per heavy atom. The molecule has 0 radical (unpaired) electrons. The van der Waals surface area contributed by atoms with Gasteiger partial charge in [-0.2, -0.15) is 11.8 Å². The van der Waals surface area contributed by atoms with Crippen molar-refractivity contribution in [2.24, 2.45) is 0 Å². The summed E-state index contributed by atoms with van der Waals surface area (Å²) in [4.78, 5) is 3.26. The molecular formula is C10H11NS. The molecule has 2 rings (SSSR count). The first-order valence-corrected chi connectivity index (χ1v) is 5.35. The van der Waals surface area contributed by atoms with Crippen molar-refractivity contribution in [2.75, 3.05) is 6.26 Å². The Morgan fingerprint density at radius 1 is 1.33 bits per heavy atom. The van der Waals surface area contributed by atoms with Gasteiger partial charge in [0.2, 0.25) is 0 Å². The van der Waals surface area contributed by atoms with Gasteiger partial charge in [-0.1, -0.05) is 18.2 Å². The fourth-order valence-corrected chi connectivity index (χ4v) is 1.96. The number of nitrogens with one attached hydrogen (secondary N) is 1. The number of fused-ring (bicyclic) bond motifs is 1. The first-order chi connectivity index (χ1) is 5.92. The Labute approximate surface area is 76.2 Å². The van der Waals surface area contributed by atoms with Gasteiger partial charge in [-0.05, 0) is 17.9 Å². The maximum Gasteiger partial charge on any atom is 0.0457 e. The second-order valence-corrected chi connectivity index (χ2v) is 3.66. The summed E-state index contributed by atoms with van der Waals surface area (Å²) in [6.45, 7) is 0. The predicted molar refractivity (Wildman–Crippen MR) is 55.5 cm³/mol. The first kappa shape index (κ1) is 7.74. The predicted octanol–water partition coefficient (Wildman–Crippen LogP) is 3.03. The summed E-state index contributed by atoms with van der Waals surface area (Å²) in [6, 6.07) is 8.41. The zero-order valence-corrected chi connectivity index (χ0v) is 7.82. The average Bonchev–Trinajstić information content (AvgIpc) is 2.50. The van der Waals surface area contributed by atoms with E-state index in [1.54, 1.807) is 0 Å². The maximum absolute atomic E-state index is 3.26. The quantitative estimate of drug-likeness (QED) is 0.745. The van der Waals surface area contributed by atoms with Crippen molar-refractivity contribution in [3.8, 4) is 0 Å². The van der Waals surface area contributed by atoms with Crippen molar-refractivity contribution < 1.29 is 0 Å². The Bertz CT molecular complexity index is 378. The molecule has 0 aliphatic heterocycles. The molecule has 1 heterocycles. The molecule has 1 N–H and O–H groups in total. The van der Waals surface area contributed by atoms with Crippen molar-refractivity contribution in [1.29, 1.82) is 0 Å². The molecular weight excluding hydrogens is 166 g/mol. The fraction of sp³-hybridized carbons (Fsp3) is 0.200. The highest BCUT2D eigenvalue weighted by atomic mass is 32.2. The van der Waals surface area contributed by atoms with E-state index in [2.05, 4.69) is 41.7 Å². The van der Waals surface area contributed by atoms with Crippen molar-refractivity contribution in [3.05, 3.63) is 36.0 Å². The van der Waals surface area contributed by atoms with E-state index < -0.39 is 0 Å². The van der Waals surface area contributed by atoms with Crippen LogP contribution in [0.5, 0.6) is 0 Å². The third kappa shape index (κ3) is 1.23. The number of H-pyrrole nitrogens is 1. The SMILES string of the molecule is CSCc1c[nH]c2ccccc12. The van der Waals surface area contributed by atoms with E-state index in [0.29, 0.717) is 0 Å². The van der Waals surface area contributed by atoms with E-state index in [-0.39, 0.29) is 0 Å². The molecule has 0 atom stereocenters. The zero-order valence-electron chi connectivity index (χ0n) is 7.00. The van der Waals surface area contributed by atoms with Gasteiger partial charge in [0.1, 0.15) is 0 Å². The van der Waals surface area contributed by atoms with Crippen LogP contribution < -0.4 is 0 Å². The van der Waals surface area contributed by atoms with Crippen LogP contribution in [0.3, 0.4) is 0 Å². The highest BCUT2D eigenvalue weighted by molar-refractivity contribution is 7.97. The second kappa shape index (κ2) is 3.23. The van der Waals surface area contributed by atoms with Crippen LogP contribution in [0.4, 0.5) is 0 Å². The number of aromatic amines is 1. The van der Waals surface area contributed by atoms with Crippen LogP contribution in [-0.2, 0) is 5.75 Å². The molecule has 0 aliphatic rings. The molecule has 62 valence electrons. The van der Waals surface area contributed by atoms with E-state index in [1.807, 2.05) is 11.8 Å². The van der Waals surface area contributed by atoms with Crippen LogP contribution in [0.15, 0.2) is 30.5 Å². The van der Waals surface area contributed by atoms with Gasteiger partial charge in [0.05, 0.1) is 0 Å². The van der Waals surface area contributed by atoms with Gasteiger partial charge < -0.3 is 4.98 Å². The molecule has 1 aromatic heterocycles. The lowest BCUT2D eigenvalue weighted by molar-refractivity contribution is 1.40. The van der Waals surface area contributed by atoms with Crippen LogP contribution >= 0.6 is 11.8 Å². The molecule has 12 heavy (non-hydrogen) atoms. The van der Waals surface area contributed by atoms with E-state index in [1.165, 1.54) is 16.5 Å². The van der Waals surface area contributed by atoms with E-state index >= 15 is 0 Å². The minimum Gasteiger partial charge on any atom is -0.361 e. The average molecular weight is 177 g/mol. The van der Waals surface area contributed by atoms with Gasteiger partial charge in [-0.25, -0.2) is 0 Å². The Morgan fingerprint density at radius 3 is 3.00 bits per heavy atom. The zero-order chi connectivity index (χ0) is 8.39. The molecule has 2 heteroatoms. The third-order valence-corrected chi connectivity index (χ3v) is 2.57. The monoisotopic (exact) mass is 177 g/mol. The molecule has 2 aromatic rings. The van der Waals surface area contributed by atoms with E-state index in [4.69, 9.17) is 0 Å². The first-order valence-electron chi connectivity index (χ1n) is 3.96. The molecule has 0 fully saturated rings. The van der Waals surface area contributed by atoms with Crippen molar-refractivity contribution >= 4 is 22.7 Å². The molecule has 0 amide bonds. The molecule has 1 aromatic carbocycles. The van der Waals surface area contributed by atoms with Crippen LogP contribution in [0.1, 0.15) is 5.56 Å². The number of hydrogen-bond acceptors (Lipinski definition) is 1. The normalized spacial score (nSPS) is 10.8. The van der Waals surface area contributed by atoms with Gasteiger partial charge in [0.25, 0.3) is 0 Å². The fourth-order valence-electron chi connectivity index (χ4n) is 1.41. The topological polar surface area (TPSA) is 15.8 Å². The highest BCUT2D eigenvalue weighted by Crippen LogP contribution is 2.20. The third-order valence-electron chi connectivity index (χ3n) is 1.97. The Kier molecular flexibility index (Phi) is 2.09. The second-order valence-electron chi connectivity index (χ2n) is 2.79. The molecule has 0 saturated heterocycles. The number of rotatable bonds is 2. The summed E-state index contributed by atoms with van der Waals surface area (Å²) < 4.78 is 0. The van der Waals surface area contributed by atoms with Gasteiger partial charge in [-0.15, -0.1) is 0 Å². The van der Waals surface area contributed by atoms with Gasteiger partial charge in [0.15, 0.2) is 0 Å². The van der Waals surface area contributed by atoms with Crippen LogP contribution in [0.2, 0.25) is 0 Å². The maximum atomic E-state index is 3.26. The van der Waals surface area contributed by atoms with Crippen LogP contribution in [0, 0.1) is 0 Å². The minimum absolute atomic E-state index is 1.09. The lowest BCUT2D eigenvalue weighted by Gasteiger charge is -1.93. The lowest BCUT2D eigenvalue weighted by Crippen LogP contribution is -1.74. The van der Waals surface area contributed by atoms with Crippen molar-refractivity contribution in [2.45, 2.75) is 5.75 Å². The smallest absolute Gasteiger partial charge is 0.0457 e. The summed E-state index contributed by atoms with van der Waals surface area (Å²) in [5.74, 6) is 1.09. The molecule has 1 nitrogen and oxygen atoms in total. The number of hydrogen-bond donors (Lipinski definition) is 1. The Balaban J connectivity index is 2.55. The molecule has 0 spiro atoms. The number of benzene rings is 1. The Hall–Kier alpha value is -0.890. The largest absolute Gasteiger partial charge is 0.361 e. The van der Waals surface area contributed by atoms with Gasteiger partial charge in [0, 0.05) is 22.9 Å². The molecule has 0 unspecified atom stereocenters. The lowest BCUT2D eigenvalue weighted by atomic mass is 10.2. The number of para-hydroxylation sites is 1. The number of aromatic nitrogens is 1. The molecule has 0 aliphatic carbocycles. The highest BCUT2D eigenvalue weighted by Gasteiger charge is 2.00. The van der Waals surface area contributed by atoms with Crippen molar-refractivity contribution in [1.82, 2.24) is 4.98 Å². The minimum atomic E-state index is 1.09. The van der Waals surface area contributed by atoms with Crippen LogP contribution in [0.25, 0.3) is 10.9 Å². The standard InChI is InChI=1S/C10H11NS/c1-12-7-8-6-11-10-5-3-2-4-9(8)10/h2-6,11H,7H2,1H3.